The Kier molecular flexibility index (Phi) is 2.57. The van der Waals surface area contributed by atoms with Crippen LogP contribution in [0.5, 0.6) is 0 Å². The zero-order valence-electron chi connectivity index (χ0n) is 7.71. The zero-order valence-corrected chi connectivity index (χ0v) is 9.28. The van der Waals surface area contributed by atoms with Gasteiger partial charge in [0.25, 0.3) is 0 Å². The highest BCUT2D eigenvalue weighted by Gasteiger charge is 2.07. The topological polar surface area (TPSA) is 17.1 Å². The fourth-order valence-corrected chi connectivity index (χ4v) is 2.89. The molecular weight excluding hydrogens is 216 g/mol. The Morgan fingerprint density at radius 3 is 2.93 bits per heavy atom. The van der Waals surface area contributed by atoms with Crippen molar-refractivity contribution in [2.24, 2.45) is 0 Å². The molecule has 0 amide bonds. The van der Waals surface area contributed by atoms with Crippen LogP contribution in [0, 0.1) is 6.92 Å². The smallest absolute Gasteiger partial charge is 0.150 e. The number of carbonyl (C=O) groups is 1. The maximum absolute atomic E-state index is 10.8. The normalized spacial score (nSPS) is 10.7. The van der Waals surface area contributed by atoms with E-state index in [0.29, 0.717) is 5.88 Å². The summed E-state index contributed by atoms with van der Waals surface area (Å²) in [5.74, 6) is 0.496. The molecule has 0 spiro atoms. The molecule has 0 fully saturated rings. The second-order valence-corrected chi connectivity index (χ2v) is 4.69. The van der Waals surface area contributed by atoms with E-state index in [0.717, 1.165) is 27.5 Å². The number of halogens is 1. The molecule has 2 rings (SSSR count). The van der Waals surface area contributed by atoms with E-state index in [-0.39, 0.29) is 0 Å². The Balaban J connectivity index is 2.83. The first-order valence-electron chi connectivity index (χ1n) is 4.29. The number of fused-ring (bicyclic) bond motifs is 1. The van der Waals surface area contributed by atoms with Crippen LogP contribution in [0.25, 0.3) is 10.1 Å². The molecule has 0 aliphatic carbocycles. The van der Waals surface area contributed by atoms with Gasteiger partial charge in [-0.15, -0.1) is 22.9 Å². The molecule has 0 unspecified atom stereocenters. The molecule has 1 aromatic carbocycles. The number of alkyl halides is 1. The van der Waals surface area contributed by atoms with Crippen LogP contribution in [-0.4, -0.2) is 6.29 Å². The number of hydrogen-bond acceptors (Lipinski definition) is 2. The largest absolute Gasteiger partial charge is 0.298 e. The van der Waals surface area contributed by atoms with E-state index >= 15 is 0 Å². The molecular formula is C11H9ClOS. The molecule has 0 atom stereocenters. The van der Waals surface area contributed by atoms with Gasteiger partial charge in [0.15, 0.2) is 6.29 Å². The van der Waals surface area contributed by atoms with Crippen LogP contribution in [-0.2, 0) is 5.88 Å². The third-order valence-corrected chi connectivity index (χ3v) is 3.61. The highest BCUT2D eigenvalue weighted by atomic mass is 35.5. The SMILES string of the molecule is Cc1cc2c(C=O)ccc(CCl)c2s1. The number of thiophene rings is 1. The maximum Gasteiger partial charge on any atom is 0.150 e. The first kappa shape index (κ1) is 9.69. The summed E-state index contributed by atoms with van der Waals surface area (Å²) in [6.07, 6.45) is 0.895. The van der Waals surface area contributed by atoms with E-state index in [2.05, 4.69) is 0 Å². The van der Waals surface area contributed by atoms with E-state index in [1.54, 1.807) is 11.3 Å². The van der Waals surface area contributed by atoms with Gasteiger partial charge in [-0.1, -0.05) is 12.1 Å². The summed E-state index contributed by atoms with van der Waals surface area (Å²) < 4.78 is 1.14. The quantitative estimate of drug-likeness (QED) is 0.561. The molecule has 1 heterocycles. The maximum atomic E-state index is 10.8. The number of aryl methyl sites for hydroxylation is 1. The first-order chi connectivity index (χ1) is 6.76. The third-order valence-electron chi connectivity index (χ3n) is 2.19. The van der Waals surface area contributed by atoms with Gasteiger partial charge in [-0.05, 0) is 18.6 Å². The summed E-state index contributed by atoms with van der Waals surface area (Å²) in [6.45, 7) is 2.04. The molecule has 14 heavy (non-hydrogen) atoms. The molecule has 1 nitrogen and oxygen atoms in total. The predicted octanol–water partition coefficient (Wildman–Crippen LogP) is 3.76. The van der Waals surface area contributed by atoms with Crippen molar-refractivity contribution in [2.75, 3.05) is 0 Å². The van der Waals surface area contributed by atoms with Crippen LogP contribution in [0.1, 0.15) is 20.8 Å². The van der Waals surface area contributed by atoms with Gasteiger partial charge in [-0.3, -0.25) is 4.79 Å². The number of benzene rings is 1. The number of hydrogen-bond donors (Lipinski definition) is 0. The summed E-state index contributed by atoms with van der Waals surface area (Å²) in [7, 11) is 0. The third kappa shape index (κ3) is 1.45. The van der Waals surface area contributed by atoms with Gasteiger partial charge in [0.2, 0.25) is 0 Å². The van der Waals surface area contributed by atoms with E-state index in [4.69, 9.17) is 11.6 Å². The van der Waals surface area contributed by atoms with Crippen LogP contribution >= 0.6 is 22.9 Å². The molecule has 3 heteroatoms. The van der Waals surface area contributed by atoms with Crippen LogP contribution in [0.2, 0.25) is 0 Å². The molecule has 0 aliphatic heterocycles. The first-order valence-corrected chi connectivity index (χ1v) is 5.64. The minimum absolute atomic E-state index is 0.496. The Bertz CT molecular complexity index is 487. The number of aldehydes is 1. The minimum atomic E-state index is 0.496. The van der Waals surface area contributed by atoms with E-state index in [9.17, 15) is 4.79 Å². The number of carbonyl (C=O) groups excluding carboxylic acids is 1. The molecule has 0 saturated carbocycles. The molecule has 0 N–H and O–H groups in total. The zero-order chi connectivity index (χ0) is 10.1. The van der Waals surface area contributed by atoms with Gasteiger partial charge in [-0.2, -0.15) is 0 Å². The van der Waals surface area contributed by atoms with Crippen molar-refractivity contribution in [3.63, 3.8) is 0 Å². The summed E-state index contributed by atoms with van der Waals surface area (Å²) in [4.78, 5) is 12.0. The van der Waals surface area contributed by atoms with Crippen molar-refractivity contribution in [3.8, 4) is 0 Å². The Hall–Kier alpha value is -0.860. The van der Waals surface area contributed by atoms with Crippen LogP contribution in [0.15, 0.2) is 18.2 Å². The molecule has 0 saturated heterocycles. The second kappa shape index (κ2) is 3.71. The van der Waals surface area contributed by atoms with Gasteiger partial charge in [0, 0.05) is 26.4 Å². The van der Waals surface area contributed by atoms with Gasteiger partial charge < -0.3 is 0 Å². The standard InChI is InChI=1S/C11H9ClOS/c1-7-4-10-9(6-13)3-2-8(5-12)11(10)14-7/h2-4,6H,5H2,1H3. The fraction of sp³-hybridized carbons (Fsp3) is 0.182. The molecule has 0 radical (unpaired) electrons. The lowest BCUT2D eigenvalue weighted by Gasteiger charge is -1.99. The fourth-order valence-electron chi connectivity index (χ4n) is 1.53. The Morgan fingerprint density at radius 2 is 2.29 bits per heavy atom. The monoisotopic (exact) mass is 224 g/mol. The average molecular weight is 225 g/mol. The van der Waals surface area contributed by atoms with E-state index in [1.165, 1.54) is 4.88 Å². The molecule has 2 aromatic rings. The highest BCUT2D eigenvalue weighted by Crippen LogP contribution is 2.31. The van der Waals surface area contributed by atoms with Crippen LogP contribution in [0.3, 0.4) is 0 Å². The molecule has 1 aromatic heterocycles. The van der Waals surface area contributed by atoms with Gasteiger partial charge >= 0.3 is 0 Å². The lowest BCUT2D eigenvalue weighted by atomic mass is 10.1. The van der Waals surface area contributed by atoms with E-state index in [1.807, 2.05) is 25.1 Å². The summed E-state index contributed by atoms with van der Waals surface area (Å²) in [5.41, 5.74) is 1.85. The predicted molar refractivity (Wildman–Crippen MR) is 61.5 cm³/mol. The van der Waals surface area contributed by atoms with Crippen molar-refractivity contribution in [1.29, 1.82) is 0 Å². The van der Waals surface area contributed by atoms with Gasteiger partial charge in [0.05, 0.1) is 0 Å². The summed E-state index contributed by atoms with van der Waals surface area (Å²) in [5, 5.41) is 1.03. The summed E-state index contributed by atoms with van der Waals surface area (Å²) >= 11 is 7.52. The lowest BCUT2D eigenvalue weighted by molar-refractivity contribution is 0.112. The van der Waals surface area contributed by atoms with Crippen molar-refractivity contribution >= 4 is 39.3 Å². The molecule has 72 valence electrons. The van der Waals surface area contributed by atoms with Crippen molar-refractivity contribution in [2.45, 2.75) is 12.8 Å². The Labute approximate surface area is 91.3 Å². The second-order valence-electron chi connectivity index (χ2n) is 3.17. The van der Waals surface area contributed by atoms with Crippen LogP contribution in [0.4, 0.5) is 0 Å². The van der Waals surface area contributed by atoms with Crippen molar-refractivity contribution in [1.82, 2.24) is 0 Å². The highest BCUT2D eigenvalue weighted by molar-refractivity contribution is 7.19. The van der Waals surface area contributed by atoms with Gasteiger partial charge in [-0.25, -0.2) is 0 Å². The molecule has 0 aliphatic rings. The molecule has 0 bridgehead atoms. The van der Waals surface area contributed by atoms with Crippen LogP contribution < -0.4 is 0 Å². The summed E-state index contributed by atoms with van der Waals surface area (Å²) in [6, 6.07) is 5.80. The van der Waals surface area contributed by atoms with Crippen molar-refractivity contribution in [3.05, 3.63) is 34.2 Å². The number of rotatable bonds is 2. The Morgan fingerprint density at radius 1 is 1.50 bits per heavy atom. The van der Waals surface area contributed by atoms with Crippen molar-refractivity contribution < 1.29 is 4.79 Å². The lowest BCUT2D eigenvalue weighted by Crippen LogP contribution is -1.84. The van der Waals surface area contributed by atoms with E-state index < -0.39 is 0 Å². The van der Waals surface area contributed by atoms with Gasteiger partial charge in [0.1, 0.15) is 0 Å². The minimum Gasteiger partial charge on any atom is -0.298 e. The average Bonchev–Trinajstić information content (AvgIpc) is 2.57.